The molecule has 0 atom stereocenters. The number of aromatic amines is 1. The number of hydrogen-bond acceptors (Lipinski definition) is 6. The molecule has 0 radical (unpaired) electrons. The van der Waals surface area contributed by atoms with Crippen LogP contribution < -0.4 is 16.6 Å². The van der Waals surface area contributed by atoms with Gasteiger partial charge in [-0.05, 0) is 32.0 Å². The minimum atomic E-state index is -0.583. The van der Waals surface area contributed by atoms with Gasteiger partial charge in [0.2, 0.25) is 5.88 Å². The van der Waals surface area contributed by atoms with Crippen molar-refractivity contribution in [1.82, 2.24) is 24.7 Å². The lowest BCUT2D eigenvalue weighted by atomic mass is 9.95. The van der Waals surface area contributed by atoms with Gasteiger partial charge in [0.05, 0.1) is 6.54 Å². The van der Waals surface area contributed by atoms with Gasteiger partial charge in [0, 0.05) is 51.5 Å². The molecule has 3 N–H and O–H groups in total. The number of nitrogens with one attached hydrogen (secondary N) is 2. The van der Waals surface area contributed by atoms with E-state index >= 15 is 0 Å². The van der Waals surface area contributed by atoms with Crippen LogP contribution in [0.4, 0.5) is 0 Å². The van der Waals surface area contributed by atoms with Crippen LogP contribution in [0.5, 0.6) is 5.88 Å². The monoisotopic (exact) mass is 436 g/mol. The summed E-state index contributed by atoms with van der Waals surface area (Å²) in [7, 11) is 1.83. The Morgan fingerprint density at radius 1 is 1.20 bits per heavy atom. The Bertz CT molecular complexity index is 895. The average molecular weight is 437 g/mol. The predicted octanol–water partition coefficient (Wildman–Crippen LogP) is 0.678. The minimum Gasteiger partial charge on any atom is -0.494 e. The van der Waals surface area contributed by atoms with E-state index in [-0.39, 0.29) is 17.5 Å². The molecule has 2 aliphatic rings. The van der Waals surface area contributed by atoms with Gasteiger partial charge < -0.3 is 15.3 Å². The second-order valence-corrected chi connectivity index (χ2v) is 8.36. The molecule has 166 valence electrons. The summed E-state index contributed by atoms with van der Waals surface area (Å²) in [5, 5.41) is 14.5. The summed E-state index contributed by atoms with van der Waals surface area (Å²) in [5.41, 5.74) is -0.573. The van der Waals surface area contributed by atoms with Gasteiger partial charge in [0.1, 0.15) is 5.56 Å². The van der Waals surface area contributed by atoms with Crippen LogP contribution in [0.25, 0.3) is 0 Å². The number of aromatic nitrogens is 2. The molecule has 0 aromatic carbocycles. The van der Waals surface area contributed by atoms with Gasteiger partial charge in [-0.15, -0.1) is 0 Å². The van der Waals surface area contributed by atoms with Crippen molar-refractivity contribution < 1.29 is 5.11 Å². The number of thiocarbonyl (C=S) groups is 1. The van der Waals surface area contributed by atoms with Gasteiger partial charge in [-0.2, -0.15) is 0 Å². The van der Waals surface area contributed by atoms with Crippen molar-refractivity contribution in [2.45, 2.75) is 45.1 Å². The topological polar surface area (TPSA) is 106 Å². The molecule has 0 amide bonds. The molecular formula is C20H32N6O3S. The molecule has 9 nitrogen and oxygen atoms in total. The van der Waals surface area contributed by atoms with E-state index in [9.17, 15) is 14.7 Å². The molecule has 30 heavy (non-hydrogen) atoms. The lowest BCUT2D eigenvalue weighted by molar-refractivity contribution is 0.186. The van der Waals surface area contributed by atoms with E-state index in [0.717, 1.165) is 69.9 Å². The zero-order chi connectivity index (χ0) is 21.7. The van der Waals surface area contributed by atoms with E-state index in [0.29, 0.717) is 12.3 Å². The third-order valence-corrected chi connectivity index (χ3v) is 6.52. The SMILES string of the molecule is CNC(=S)N1CCN(CCN=C(C)c2c(O)n(C3CCCCC3)c(=O)[nH]c2=O)CC1. The predicted molar refractivity (Wildman–Crippen MR) is 122 cm³/mol. The van der Waals surface area contributed by atoms with Crippen molar-refractivity contribution in [2.75, 3.05) is 46.3 Å². The zero-order valence-electron chi connectivity index (χ0n) is 17.8. The Morgan fingerprint density at radius 2 is 1.87 bits per heavy atom. The van der Waals surface area contributed by atoms with Crippen LogP contribution in [0.15, 0.2) is 14.6 Å². The van der Waals surface area contributed by atoms with Crippen molar-refractivity contribution >= 4 is 23.0 Å². The molecule has 10 heteroatoms. The lowest BCUT2D eigenvalue weighted by Crippen LogP contribution is -2.51. The van der Waals surface area contributed by atoms with Crippen LogP contribution in [0.1, 0.15) is 50.6 Å². The highest BCUT2D eigenvalue weighted by Crippen LogP contribution is 2.30. The molecule has 0 spiro atoms. The summed E-state index contributed by atoms with van der Waals surface area (Å²) in [6.45, 7) is 6.53. The van der Waals surface area contributed by atoms with Gasteiger partial charge in [0.15, 0.2) is 5.11 Å². The number of H-pyrrole nitrogens is 1. The minimum absolute atomic E-state index is 0.0744. The number of hydrogen-bond donors (Lipinski definition) is 3. The van der Waals surface area contributed by atoms with E-state index in [1.54, 1.807) is 6.92 Å². The van der Waals surface area contributed by atoms with E-state index in [4.69, 9.17) is 12.2 Å². The van der Waals surface area contributed by atoms with Gasteiger partial charge in [-0.25, -0.2) is 4.79 Å². The molecular weight excluding hydrogens is 404 g/mol. The number of piperazine rings is 1. The highest BCUT2D eigenvalue weighted by molar-refractivity contribution is 7.80. The van der Waals surface area contributed by atoms with Gasteiger partial charge in [-0.3, -0.25) is 24.2 Å². The number of nitrogens with zero attached hydrogens (tertiary/aromatic N) is 4. The van der Waals surface area contributed by atoms with Gasteiger partial charge in [0.25, 0.3) is 5.56 Å². The van der Waals surface area contributed by atoms with E-state index in [1.807, 2.05) is 7.05 Å². The Kier molecular flexibility index (Phi) is 7.65. The molecule has 1 saturated heterocycles. The van der Waals surface area contributed by atoms with Gasteiger partial charge >= 0.3 is 5.69 Å². The van der Waals surface area contributed by atoms with Gasteiger partial charge in [-0.1, -0.05) is 19.3 Å². The van der Waals surface area contributed by atoms with E-state index in [2.05, 4.69) is 25.1 Å². The maximum Gasteiger partial charge on any atom is 0.331 e. The normalized spacial score (nSPS) is 19.1. The highest BCUT2D eigenvalue weighted by Gasteiger charge is 2.24. The van der Waals surface area contributed by atoms with Crippen molar-refractivity contribution in [1.29, 1.82) is 0 Å². The highest BCUT2D eigenvalue weighted by atomic mass is 32.1. The first-order valence-electron chi connectivity index (χ1n) is 10.7. The largest absolute Gasteiger partial charge is 0.494 e. The maximum absolute atomic E-state index is 12.4. The second kappa shape index (κ2) is 10.2. The fraction of sp³-hybridized carbons (Fsp3) is 0.700. The number of rotatable bonds is 5. The van der Waals surface area contributed by atoms with Crippen molar-refractivity contribution in [3.05, 3.63) is 26.4 Å². The van der Waals surface area contributed by atoms with Crippen molar-refractivity contribution in [3.8, 4) is 5.88 Å². The fourth-order valence-electron chi connectivity index (χ4n) is 4.31. The Morgan fingerprint density at radius 3 is 2.50 bits per heavy atom. The van der Waals surface area contributed by atoms with E-state index in [1.165, 1.54) is 4.57 Å². The molecule has 1 aliphatic carbocycles. The van der Waals surface area contributed by atoms with Crippen LogP contribution >= 0.6 is 12.2 Å². The molecule has 2 fully saturated rings. The smallest absolute Gasteiger partial charge is 0.331 e. The third-order valence-electron chi connectivity index (χ3n) is 6.06. The summed E-state index contributed by atoms with van der Waals surface area (Å²) in [6.07, 6.45) is 4.84. The fourth-order valence-corrected chi connectivity index (χ4v) is 4.50. The summed E-state index contributed by atoms with van der Waals surface area (Å²) in [5.74, 6) is -0.258. The number of aliphatic imine (C=N–C) groups is 1. The molecule has 1 aliphatic heterocycles. The molecule has 1 aromatic rings. The summed E-state index contributed by atoms with van der Waals surface area (Å²) >= 11 is 5.27. The summed E-state index contributed by atoms with van der Waals surface area (Å²) in [4.78, 5) is 36.1. The third kappa shape index (κ3) is 5.10. The van der Waals surface area contributed by atoms with Crippen LogP contribution in [0.3, 0.4) is 0 Å². The Hall–Kier alpha value is -2.20. The lowest BCUT2D eigenvalue weighted by Gasteiger charge is -2.35. The first-order chi connectivity index (χ1) is 14.4. The molecule has 2 heterocycles. The summed E-state index contributed by atoms with van der Waals surface area (Å²) < 4.78 is 1.35. The van der Waals surface area contributed by atoms with E-state index < -0.39 is 11.2 Å². The molecule has 1 saturated carbocycles. The second-order valence-electron chi connectivity index (χ2n) is 7.97. The Balaban J connectivity index is 1.67. The van der Waals surface area contributed by atoms with Crippen LogP contribution in [-0.4, -0.2) is 81.6 Å². The quantitative estimate of drug-likeness (QED) is 0.460. The summed E-state index contributed by atoms with van der Waals surface area (Å²) in [6, 6.07) is -0.0744. The number of aromatic hydroxyl groups is 1. The Labute approximate surface area is 181 Å². The van der Waals surface area contributed by atoms with Crippen LogP contribution in [-0.2, 0) is 0 Å². The molecule has 1 aromatic heterocycles. The molecule has 3 rings (SSSR count). The first-order valence-corrected chi connectivity index (χ1v) is 11.1. The standard InChI is InChI=1S/C20H32N6O3S/c1-14(22-8-9-24-10-12-25(13-11-24)20(30)21-2)16-17(27)23-19(29)26(18(16)28)15-6-4-3-5-7-15/h15,28H,3-13H2,1-2H3,(H,21,30)(H,23,27,29). The maximum atomic E-state index is 12.4. The van der Waals surface area contributed by atoms with Crippen LogP contribution in [0.2, 0.25) is 0 Å². The molecule has 0 unspecified atom stereocenters. The van der Waals surface area contributed by atoms with Crippen molar-refractivity contribution in [3.63, 3.8) is 0 Å². The van der Waals surface area contributed by atoms with Crippen molar-refractivity contribution in [2.24, 2.45) is 4.99 Å². The average Bonchev–Trinajstić information content (AvgIpc) is 2.74. The zero-order valence-corrected chi connectivity index (χ0v) is 18.6. The van der Waals surface area contributed by atoms with Crippen LogP contribution in [0, 0.1) is 0 Å². The molecule has 0 bridgehead atoms. The first kappa shape index (κ1) is 22.5.